The monoisotopic (exact) mass is 510 g/mol. The minimum Gasteiger partial charge on any atom is -0.481 e. The van der Waals surface area contributed by atoms with Crippen LogP contribution in [0.15, 0.2) is 18.5 Å². The summed E-state index contributed by atoms with van der Waals surface area (Å²) in [4.78, 5) is 24.4. The number of rotatable bonds is 6. The highest BCUT2D eigenvalue weighted by Crippen LogP contribution is 2.43. The van der Waals surface area contributed by atoms with Crippen LogP contribution < -0.4 is 5.32 Å². The fourth-order valence-electron chi connectivity index (χ4n) is 3.98. The topological polar surface area (TPSA) is 117 Å². The lowest BCUT2D eigenvalue weighted by Crippen LogP contribution is -2.39. The summed E-state index contributed by atoms with van der Waals surface area (Å²) in [5, 5.41) is 20.2. The van der Waals surface area contributed by atoms with Gasteiger partial charge in [-0.25, -0.2) is 19.3 Å². The fourth-order valence-corrected chi connectivity index (χ4v) is 4.39. The molecule has 3 aromatic rings. The van der Waals surface area contributed by atoms with Crippen LogP contribution in [0.25, 0.3) is 22.6 Å². The van der Waals surface area contributed by atoms with Crippen molar-refractivity contribution >= 4 is 45.4 Å². The molecule has 0 aromatic carbocycles. The summed E-state index contributed by atoms with van der Waals surface area (Å²) in [6.07, 6.45) is 6.91. The predicted octanol–water partition coefficient (Wildman–Crippen LogP) is 3.99. The van der Waals surface area contributed by atoms with E-state index in [1.165, 1.54) is 6.07 Å². The van der Waals surface area contributed by atoms with Gasteiger partial charge in [0.25, 0.3) is 0 Å². The van der Waals surface area contributed by atoms with E-state index >= 15 is 0 Å². The molecule has 1 fully saturated rings. The minimum atomic E-state index is -0.846. The van der Waals surface area contributed by atoms with Crippen LogP contribution in [-0.4, -0.2) is 42.3 Å². The molecule has 0 saturated heterocycles. The van der Waals surface area contributed by atoms with E-state index in [1.54, 1.807) is 6.20 Å². The number of carboxylic acids is 1. The van der Waals surface area contributed by atoms with E-state index in [4.69, 9.17) is 0 Å². The molecule has 0 spiro atoms. The Balaban J connectivity index is 1.70. The van der Waals surface area contributed by atoms with Crippen LogP contribution in [0.2, 0.25) is 0 Å². The van der Waals surface area contributed by atoms with Crippen LogP contribution >= 0.6 is 22.6 Å². The van der Waals surface area contributed by atoms with Crippen molar-refractivity contribution in [3.8, 4) is 11.5 Å². The van der Waals surface area contributed by atoms with Crippen molar-refractivity contribution in [1.82, 2.24) is 25.1 Å². The van der Waals surface area contributed by atoms with Crippen LogP contribution in [0.3, 0.4) is 0 Å². The number of hydrogen-bond donors (Lipinski definition) is 3. The number of nitrogens with one attached hydrogen (secondary N) is 2. The molecule has 1 aliphatic carbocycles. The molecular formula is C19H20FIN6O2. The van der Waals surface area contributed by atoms with E-state index in [0.29, 0.717) is 28.4 Å². The number of aromatic nitrogens is 5. The maximum atomic E-state index is 13.6. The van der Waals surface area contributed by atoms with Gasteiger partial charge in [-0.15, -0.1) is 0 Å². The summed E-state index contributed by atoms with van der Waals surface area (Å²) in [6.45, 7) is 2.13. The normalized spacial score (nSPS) is 16.8. The van der Waals surface area contributed by atoms with Crippen molar-refractivity contribution < 1.29 is 14.3 Å². The Kier molecular flexibility index (Phi) is 5.36. The van der Waals surface area contributed by atoms with Gasteiger partial charge >= 0.3 is 5.97 Å². The molecule has 1 unspecified atom stereocenters. The summed E-state index contributed by atoms with van der Waals surface area (Å²) < 4.78 is 14.4. The van der Waals surface area contributed by atoms with Gasteiger partial charge in [-0.3, -0.25) is 9.89 Å². The third-order valence-corrected chi connectivity index (χ3v) is 6.41. The number of aliphatic carboxylic acids is 1. The first kappa shape index (κ1) is 19.9. The van der Waals surface area contributed by atoms with Crippen LogP contribution in [0.4, 0.5) is 10.2 Å². The number of carbonyl (C=O) groups is 1. The van der Waals surface area contributed by atoms with Crippen molar-refractivity contribution in [2.75, 3.05) is 5.32 Å². The standard InChI is InChI=1S/C19H20FIN6O2/c1-19(4-2-3-5-19)13(7-14(28)29)24-17-12(21)9-23-18(25-17)15-11-6-10(20)8-22-16(11)27-26-15/h6,8-9,13H,2-5,7H2,1H3,(H,28,29)(H,22,26,27)(H,23,24,25). The van der Waals surface area contributed by atoms with Crippen molar-refractivity contribution in [3.05, 3.63) is 27.8 Å². The largest absolute Gasteiger partial charge is 0.481 e. The Morgan fingerprint density at radius 3 is 2.86 bits per heavy atom. The quantitative estimate of drug-likeness (QED) is 0.430. The van der Waals surface area contributed by atoms with E-state index in [2.05, 4.69) is 60.0 Å². The summed E-state index contributed by atoms with van der Waals surface area (Å²) >= 11 is 2.12. The van der Waals surface area contributed by atoms with Gasteiger partial charge in [-0.05, 0) is 46.9 Å². The van der Waals surface area contributed by atoms with Crippen molar-refractivity contribution in [2.45, 2.75) is 45.1 Å². The number of hydrogen-bond acceptors (Lipinski definition) is 6. The SMILES string of the molecule is CC1(C(CC(=O)O)Nc2nc(-c3[nH]nc4ncc(F)cc34)ncc2I)CCCC1. The van der Waals surface area contributed by atoms with Gasteiger partial charge in [0.1, 0.15) is 17.3 Å². The fraction of sp³-hybridized carbons (Fsp3) is 0.421. The summed E-state index contributed by atoms with van der Waals surface area (Å²) in [7, 11) is 0. The van der Waals surface area contributed by atoms with E-state index in [-0.39, 0.29) is 17.9 Å². The van der Waals surface area contributed by atoms with Gasteiger partial charge in [0, 0.05) is 12.2 Å². The number of halogens is 2. The number of pyridine rings is 1. The van der Waals surface area contributed by atoms with Crippen LogP contribution in [-0.2, 0) is 4.79 Å². The molecule has 1 aliphatic rings. The molecule has 1 atom stereocenters. The second-order valence-electron chi connectivity index (χ2n) is 7.67. The Bertz CT molecular complexity index is 1070. The molecule has 3 N–H and O–H groups in total. The first-order valence-corrected chi connectivity index (χ1v) is 10.4. The number of fused-ring (bicyclic) bond motifs is 1. The third-order valence-electron chi connectivity index (χ3n) is 5.62. The molecule has 3 aromatic heterocycles. The molecule has 152 valence electrons. The van der Waals surface area contributed by atoms with Gasteiger partial charge in [0.2, 0.25) is 0 Å². The Hall–Kier alpha value is -2.37. The number of aromatic amines is 1. The molecule has 0 radical (unpaired) electrons. The Labute approximate surface area is 179 Å². The van der Waals surface area contributed by atoms with Crippen LogP contribution in [0, 0.1) is 14.8 Å². The van der Waals surface area contributed by atoms with Crippen LogP contribution in [0.1, 0.15) is 39.0 Å². The van der Waals surface area contributed by atoms with Gasteiger partial charge in [0.05, 0.1) is 21.6 Å². The molecule has 8 nitrogen and oxygen atoms in total. The second kappa shape index (κ2) is 7.81. The number of H-pyrrole nitrogens is 1. The third kappa shape index (κ3) is 4.02. The lowest BCUT2D eigenvalue weighted by atomic mass is 9.79. The molecule has 3 heterocycles. The molecule has 29 heavy (non-hydrogen) atoms. The highest BCUT2D eigenvalue weighted by molar-refractivity contribution is 14.1. The van der Waals surface area contributed by atoms with Gasteiger partial charge < -0.3 is 10.4 Å². The zero-order valence-corrected chi connectivity index (χ0v) is 17.9. The summed E-state index contributed by atoms with van der Waals surface area (Å²) in [6, 6.07) is 1.08. The number of nitrogens with zero attached hydrogens (tertiary/aromatic N) is 4. The lowest BCUT2D eigenvalue weighted by molar-refractivity contribution is -0.137. The minimum absolute atomic E-state index is 0.00797. The summed E-state index contributed by atoms with van der Waals surface area (Å²) in [5.74, 6) is -0.420. The summed E-state index contributed by atoms with van der Waals surface area (Å²) in [5.41, 5.74) is 0.730. The first-order chi connectivity index (χ1) is 13.9. The Morgan fingerprint density at radius 2 is 2.14 bits per heavy atom. The van der Waals surface area contributed by atoms with E-state index < -0.39 is 11.8 Å². The van der Waals surface area contributed by atoms with E-state index in [1.807, 2.05) is 0 Å². The van der Waals surface area contributed by atoms with Crippen molar-refractivity contribution in [2.24, 2.45) is 5.41 Å². The molecule has 0 bridgehead atoms. The molecule has 0 amide bonds. The highest BCUT2D eigenvalue weighted by Gasteiger charge is 2.38. The zero-order valence-electron chi connectivity index (χ0n) is 15.7. The highest BCUT2D eigenvalue weighted by atomic mass is 127. The van der Waals surface area contributed by atoms with Gasteiger partial charge in [0.15, 0.2) is 11.5 Å². The zero-order chi connectivity index (χ0) is 20.6. The van der Waals surface area contributed by atoms with E-state index in [0.717, 1.165) is 35.5 Å². The molecule has 4 rings (SSSR count). The average Bonchev–Trinajstić information content (AvgIpc) is 3.29. The van der Waals surface area contributed by atoms with Crippen molar-refractivity contribution in [1.29, 1.82) is 0 Å². The average molecular weight is 510 g/mol. The maximum absolute atomic E-state index is 13.6. The Morgan fingerprint density at radius 1 is 1.38 bits per heavy atom. The van der Waals surface area contributed by atoms with Crippen LogP contribution in [0.5, 0.6) is 0 Å². The van der Waals surface area contributed by atoms with Gasteiger partial charge in [-0.2, -0.15) is 5.10 Å². The molecule has 10 heteroatoms. The van der Waals surface area contributed by atoms with E-state index in [9.17, 15) is 14.3 Å². The predicted molar refractivity (Wildman–Crippen MR) is 114 cm³/mol. The number of carboxylic acid groups (broad SMARTS) is 1. The number of anilines is 1. The van der Waals surface area contributed by atoms with Crippen molar-refractivity contribution in [3.63, 3.8) is 0 Å². The first-order valence-electron chi connectivity index (χ1n) is 9.36. The second-order valence-corrected chi connectivity index (χ2v) is 8.83. The molecule has 1 saturated carbocycles. The molecular weight excluding hydrogens is 490 g/mol. The lowest BCUT2D eigenvalue weighted by Gasteiger charge is -2.34. The molecule has 0 aliphatic heterocycles. The maximum Gasteiger partial charge on any atom is 0.305 e. The smallest absolute Gasteiger partial charge is 0.305 e. The van der Waals surface area contributed by atoms with Gasteiger partial charge in [-0.1, -0.05) is 19.8 Å².